The number of nitrogens with zero attached hydrogens (tertiary/aromatic N) is 3. The van der Waals surface area contributed by atoms with Crippen molar-refractivity contribution in [2.75, 3.05) is 52.9 Å². The Labute approximate surface area is 130 Å². The largest absolute Gasteiger partial charge is 0.357 e. The van der Waals surface area contributed by atoms with E-state index in [9.17, 15) is 0 Å². The first-order valence-electron chi connectivity index (χ1n) is 8.73. The van der Waals surface area contributed by atoms with Crippen molar-refractivity contribution < 1.29 is 0 Å². The minimum absolute atomic E-state index is 0.634. The molecule has 21 heavy (non-hydrogen) atoms. The highest BCUT2D eigenvalue weighted by Crippen LogP contribution is 2.17. The molecule has 0 amide bonds. The molecule has 1 aliphatic heterocycles. The average molecular weight is 295 g/mol. The summed E-state index contributed by atoms with van der Waals surface area (Å²) >= 11 is 0. The molecular weight excluding hydrogens is 262 g/mol. The zero-order valence-electron chi connectivity index (χ0n) is 13.9. The van der Waals surface area contributed by atoms with Crippen LogP contribution in [0.15, 0.2) is 4.99 Å². The van der Waals surface area contributed by atoms with Crippen LogP contribution < -0.4 is 10.6 Å². The minimum atomic E-state index is 0.634. The van der Waals surface area contributed by atoms with Gasteiger partial charge in [0.25, 0.3) is 0 Å². The highest BCUT2D eigenvalue weighted by molar-refractivity contribution is 5.80. The molecule has 2 N–H and O–H groups in total. The van der Waals surface area contributed by atoms with Gasteiger partial charge in [-0.15, -0.1) is 0 Å². The molecule has 1 saturated carbocycles. The lowest BCUT2D eigenvalue weighted by atomic mass is 10.2. The predicted molar refractivity (Wildman–Crippen MR) is 89.9 cm³/mol. The second-order valence-corrected chi connectivity index (χ2v) is 6.38. The molecule has 1 saturated heterocycles. The van der Waals surface area contributed by atoms with Crippen molar-refractivity contribution in [1.29, 1.82) is 0 Å². The molecule has 5 heteroatoms. The first-order chi connectivity index (χ1) is 10.3. The Hall–Kier alpha value is -0.810. The van der Waals surface area contributed by atoms with Crippen LogP contribution in [0, 0.1) is 0 Å². The van der Waals surface area contributed by atoms with E-state index in [0.29, 0.717) is 6.04 Å². The molecular formula is C16H33N5. The number of likely N-dealkylation sites (N-methyl/N-ethyl adjacent to an activating group) is 1. The fraction of sp³-hybridized carbons (Fsp3) is 0.938. The maximum Gasteiger partial charge on any atom is 0.191 e. The molecule has 5 nitrogen and oxygen atoms in total. The van der Waals surface area contributed by atoms with Crippen LogP contribution >= 0.6 is 0 Å². The number of guanidine groups is 1. The van der Waals surface area contributed by atoms with Crippen molar-refractivity contribution in [2.45, 2.75) is 45.1 Å². The third-order valence-electron chi connectivity index (χ3n) is 4.54. The fourth-order valence-corrected chi connectivity index (χ4v) is 3.21. The smallest absolute Gasteiger partial charge is 0.191 e. The van der Waals surface area contributed by atoms with Crippen LogP contribution in [0.25, 0.3) is 0 Å². The summed E-state index contributed by atoms with van der Waals surface area (Å²) in [5.74, 6) is 1.01. The molecule has 2 rings (SSSR count). The predicted octanol–water partition coefficient (Wildman–Crippen LogP) is 1.12. The summed E-state index contributed by atoms with van der Waals surface area (Å²) in [5, 5.41) is 6.96. The average Bonchev–Trinajstić information content (AvgIpc) is 2.88. The van der Waals surface area contributed by atoms with E-state index in [1.54, 1.807) is 0 Å². The molecule has 0 bridgehead atoms. The van der Waals surface area contributed by atoms with Crippen LogP contribution in [0.3, 0.4) is 0 Å². The summed E-state index contributed by atoms with van der Waals surface area (Å²) in [4.78, 5) is 9.73. The van der Waals surface area contributed by atoms with Gasteiger partial charge in [0.15, 0.2) is 5.96 Å². The molecule has 0 radical (unpaired) electrons. The molecule has 0 spiro atoms. The number of aliphatic imine (C=N–C) groups is 1. The lowest BCUT2D eigenvalue weighted by Gasteiger charge is -2.20. The third kappa shape index (κ3) is 6.22. The zero-order valence-corrected chi connectivity index (χ0v) is 13.9. The van der Waals surface area contributed by atoms with Gasteiger partial charge in [0.05, 0.1) is 6.54 Å². The highest BCUT2D eigenvalue weighted by Gasteiger charge is 2.16. The van der Waals surface area contributed by atoms with Gasteiger partial charge in [-0.3, -0.25) is 4.99 Å². The van der Waals surface area contributed by atoms with Gasteiger partial charge in [0, 0.05) is 32.2 Å². The maximum atomic E-state index is 4.76. The molecule has 0 atom stereocenters. The highest BCUT2D eigenvalue weighted by atomic mass is 15.2. The van der Waals surface area contributed by atoms with E-state index < -0.39 is 0 Å². The molecule has 1 aliphatic carbocycles. The van der Waals surface area contributed by atoms with E-state index in [4.69, 9.17) is 4.99 Å². The Kier molecular flexibility index (Phi) is 7.30. The van der Waals surface area contributed by atoms with Crippen molar-refractivity contribution in [3.63, 3.8) is 0 Å². The second kappa shape index (κ2) is 9.26. The Balaban J connectivity index is 1.73. The second-order valence-electron chi connectivity index (χ2n) is 6.38. The fourth-order valence-electron chi connectivity index (χ4n) is 3.21. The summed E-state index contributed by atoms with van der Waals surface area (Å²) in [7, 11) is 2.22. The van der Waals surface area contributed by atoms with Crippen LogP contribution in [-0.4, -0.2) is 74.7 Å². The molecule has 0 aromatic rings. The van der Waals surface area contributed by atoms with E-state index in [1.165, 1.54) is 58.3 Å². The molecule has 122 valence electrons. The Morgan fingerprint density at radius 3 is 2.67 bits per heavy atom. The lowest BCUT2D eigenvalue weighted by molar-refractivity contribution is 0.283. The van der Waals surface area contributed by atoms with E-state index in [2.05, 4.69) is 34.4 Å². The molecule has 1 heterocycles. The number of hydrogen-bond acceptors (Lipinski definition) is 3. The molecule has 0 unspecified atom stereocenters. The van der Waals surface area contributed by atoms with Crippen LogP contribution in [0.5, 0.6) is 0 Å². The van der Waals surface area contributed by atoms with Crippen molar-refractivity contribution in [1.82, 2.24) is 20.4 Å². The van der Waals surface area contributed by atoms with Crippen molar-refractivity contribution in [3.05, 3.63) is 0 Å². The summed E-state index contributed by atoms with van der Waals surface area (Å²) in [6.45, 7) is 9.85. The van der Waals surface area contributed by atoms with Crippen molar-refractivity contribution in [3.8, 4) is 0 Å². The lowest BCUT2D eigenvalue weighted by Crippen LogP contribution is -2.42. The summed E-state index contributed by atoms with van der Waals surface area (Å²) in [6, 6.07) is 0.634. The normalized spacial score (nSPS) is 23.2. The van der Waals surface area contributed by atoms with Gasteiger partial charge < -0.3 is 20.4 Å². The zero-order chi connectivity index (χ0) is 14.9. The van der Waals surface area contributed by atoms with Crippen LogP contribution in [0.2, 0.25) is 0 Å². The van der Waals surface area contributed by atoms with Gasteiger partial charge in [0.2, 0.25) is 0 Å². The van der Waals surface area contributed by atoms with Crippen molar-refractivity contribution >= 4 is 5.96 Å². The number of nitrogens with one attached hydrogen (secondary N) is 2. The van der Waals surface area contributed by atoms with Crippen molar-refractivity contribution in [2.24, 2.45) is 4.99 Å². The van der Waals surface area contributed by atoms with Gasteiger partial charge in [0.1, 0.15) is 0 Å². The number of hydrogen-bond donors (Lipinski definition) is 2. The first kappa shape index (κ1) is 16.6. The molecule has 0 aromatic heterocycles. The van der Waals surface area contributed by atoms with E-state index >= 15 is 0 Å². The van der Waals surface area contributed by atoms with Gasteiger partial charge in [-0.25, -0.2) is 0 Å². The van der Waals surface area contributed by atoms with E-state index in [0.717, 1.165) is 25.6 Å². The summed E-state index contributed by atoms with van der Waals surface area (Å²) in [6.07, 6.45) is 6.59. The van der Waals surface area contributed by atoms with Crippen LogP contribution in [-0.2, 0) is 0 Å². The van der Waals surface area contributed by atoms with Gasteiger partial charge in [-0.2, -0.15) is 0 Å². The van der Waals surface area contributed by atoms with Gasteiger partial charge in [-0.1, -0.05) is 12.8 Å². The van der Waals surface area contributed by atoms with E-state index in [-0.39, 0.29) is 0 Å². The molecule has 2 fully saturated rings. The monoisotopic (exact) mass is 295 g/mol. The quantitative estimate of drug-likeness (QED) is 0.589. The van der Waals surface area contributed by atoms with Gasteiger partial charge >= 0.3 is 0 Å². The minimum Gasteiger partial charge on any atom is -0.357 e. The third-order valence-corrected chi connectivity index (χ3v) is 4.54. The standard InChI is InChI=1S/C16H33N5/c1-3-17-16(19-15-7-4-5-8-15)18-9-12-21-11-6-10-20(2)13-14-21/h15H,3-14H2,1-2H3,(H2,17,18,19). The van der Waals surface area contributed by atoms with E-state index in [1.807, 2.05) is 0 Å². The molecule has 0 aromatic carbocycles. The van der Waals surface area contributed by atoms with Crippen LogP contribution in [0.4, 0.5) is 0 Å². The summed E-state index contributed by atoms with van der Waals surface area (Å²) in [5.41, 5.74) is 0. The summed E-state index contributed by atoms with van der Waals surface area (Å²) < 4.78 is 0. The Morgan fingerprint density at radius 1 is 1.10 bits per heavy atom. The Bertz CT molecular complexity index is 312. The maximum absolute atomic E-state index is 4.76. The topological polar surface area (TPSA) is 42.9 Å². The van der Waals surface area contributed by atoms with Gasteiger partial charge in [-0.05, 0) is 46.3 Å². The number of rotatable bonds is 5. The Morgan fingerprint density at radius 2 is 1.90 bits per heavy atom. The van der Waals surface area contributed by atoms with Crippen LogP contribution in [0.1, 0.15) is 39.0 Å². The SMILES string of the molecule is CCNC(=NCCN1CCCN(C)CC1)NC1CCCC1. The first-order valence-corrected chi connectivity index (χ1v) is 8.73. The molecule has 2 aliphatic rings.